The summed E-state index contributed by atoms with van der Waals surface area (Å²) in [6.45, 7) is -2.62. The topological polar surface area (TPSA) is 313 Å². The Kier molecular flexibility index (Phi) is 17.9. The quantitative estimate of drug-likeness (QED) is 0.0380. The van der Waals surface area contributed by atoms with Gasteiger partial charge in [0.25, 0.3) is 0 Å². The molecule has 2 aliphatic heterocycles. The Morgan fingerprint density at radius 3 is 1.46 bits per heavy atom. The predicted molar refractivity (Wildman–Crippen MR) is 246 cm³/mol. The van der Waals surface area contributed by atoms with E-state index in [2.05, 4.69) is 0 Å². The van der Waals surface area contributed by atoms with Gasteiger partial charge in [-0.2, -0.15) is 0 Å². The second kappa shape index (κ2) is 24.2. The summed E-state index contributed by atoms with van der Waals surface area (Å²) < 4.78 is 50.2. The Morgan fingerprint density at radius 1 is 0.535 bits per heavy atom. The largest absolute Gasteiger partial charge is 0.508 e. The fourth-order valence-corrected chi connectivity index (χ4v) is 6.97. The average Bonchev–Trinajstić information content (AvgIpc) is 3.62. The Balaban J connectivity index is 1.28. The van der Waals surface area contributed by atoms with Gasteiger partial charge >= 0.3 is 23.9 Å². The van der Waals surface area contributed by atoms with Crippen molar-refractivity contribution < 1.29 is 103 Å². The summed E-state index contributed by atoms with van der Waals surface area (Å²) in [5.41, 5.74) is 1.74. The fraction of sp³-hybridized carbons (Fsp3) is 0.280. The van der Waals surface area contributed by atoms with Gasteiger partial charge in [-0.1, -0.05) is 36.4 Å². The SMILES string of the molecule is COc1cc(/C=C/C(=O)OC[C@H]2O[C@H](O[C@]3(COC(=O)/C=C/c4ccc(O)c(OC)c4)O[C@H](COC(=O)/C=C/c4ccc(O)cc4)[C@@H](O)[C@@H]3OC(=O)/C=C/c3ccc(O)cc3)[C@H](O)[C@@H](O)[C@@H]2O)ccc1O. The van der Waals surface area contributed by atoms with Crippen LogP contribution in [-0.2, 0) is 52.3 Å². The van der Waals surface area contributed by atoms with Gasteiger partial charge in [-0.3, -0.25) is 0 Å². The number of aliphatic hydroxyl groups is 4. The van der Waals surface area contributed by atoms with Crippen molar-refractivity contribution in [2.45, 2.75) is 54.8 Å². The van der Waals surface area contributed by atoms with E-state index in [9.17, 15) is 60.0 Å². The van der Waals surface area contributed by atoms with Gasteiger partial charge in [-0.05, 0) is 95.1 Å². The molecule has 4 aromatic carbocycles. The van der Waals surface area contributed by atoms with Crippen LogP contribution in [0.2, 0.25) is 0 Å². The van der Waals surface area contributed by atoms with Crippen LogP contribution in [0.4, 0.5) is 0 Å². The van der Waals surface area contributed by atoms with Crippen LogP contribution >= 0.6 is 0 Å². The standard InChI is InChI=1S/C50H50O21/c1-63-36-23-30(7-17-34(36)53)11-20-41(56)65-25-38-44(59)46(61)47(62)49(68-38)71-50(27-67-42(57)21-12-31-8-18-35(54)37(24-31)64-2)48(69-43(58)22-10-29-5-15-33(52)16-6-29)45(60)39(70-50)26-66-40(55)19-9-28-3-13-32(51)14-4-28/h3-24,38-39,44-49,51-54,59-62H,25-27H2,1-2H3/b19-9+,20-11+,21-12+,22-10+/t38-,39-,44-,45-,46+,47-,48+,49-,50+/m1/s1. The summed E-state index contributed by atoms with van der Waals surface area (Å²) in [4.78, 5) is 52.6. The van der Waals surface area contributed by atoms with E-state index in [1.807, 2.05) is 0 Å². The molecule has 8 N–H and O–H groups in total. The first kappa shape index (κ1) is 52.6. The molecule has 0 unspecified atom stereocenters. The molecule has 2 heterocycles. The summed E-state index contributed by atoms with van der Waals surface area (Å²) in [7, 11) is 2.66. The third-order valence-electron chi connectivity index (χ3n) is 10.7. The molecule has 9 atom stereocenters. The molecule has 0 spiro atoms. The Hall–Kier alpha value is -7.76. The minimum absolute atomic E-state index is 0.0121. The lowest BCUT2D eigenvalue weighted by Crippen LogP contribution is -2.63. The monoisotopic (exact) mass is 986 g/mol. The molecular weight excluding hydrogens is 937 g/mol. The molecule has 2 aliphatic rings. The highest BCUT2D eigenvalue weighted by Crippen LogP contribution is 2.39. The first-order valence-electron chi connectivity index (χ1n) is 21.5. The zero-order valence-electron chi connectivity index (χ0n) is 37.8. The third-order valence-corrected chi connectivity index (χ3v) is 10.7. The van der Waals surface area contributed by atoms with Gasteiger partial charge < -0.3 is 83.5 Å². The number of aromatic hydroxyl groups is 4. The number of ether oxygens (including phenoxy) is 9. The number of hydrogen-bond donors (Lipinski definition) is 8. The highest BCUT2D eigenvalue weighted by Gasteiger charge is 2.62. The van der Waals surface area contributed by atoms with Crippen LogP contribution in [0.1, 0.15) is 22.3 Å². The molecule has 21 nitrogen and oxygen atoms in total. The second-order valence-corrected chi connectivity index (χ2v) is 15.7. The lowest BCUT2D eigenvalue weighted by atomic mass is 9.98. The fourth-order valence-electron chi connectivity index (χ4n) is 6.97. The Morgan fingerprint density at radius 2 is 0.972 bits per heavy atom. The third kappa shape index (κ3) is 14.2. The number of methoxy groups -OCH3 is 2. The van der Waals surface area contributed by atoms with Crippen molar-refractivity contribution in [2.75, 3.05) is 34.0 Å². The molecule has 6 rings (SSSR count). The first-order valence-corrected chi connectivity index (χ1v) is 21.5. The van der Waals surface area contributed by atoms with Crippen molar-refractivity contribution in [3.05, 3.63) is 131 Å². The number of hydrogen-bond acceptors (Lipinski definition) is 21. The summed E-state index contributed by atoms with van der Waals surface area (Å²) >= 11 is 0. The van der Waals surface area contributed by atoms with Gasteiger partial charge in [0.1, 0.15) is 67.9 Å². The van der Waals surface area contributed by atoms with Gasteiger partial charge in [-0.25, -0.2) is 19.2 Å². The molecule has 0 bridgehead atoms. The van der Waals surface area contributed by atoms with Crippen molar-refractivity contribution in [1.82, 2.24) is 0 Å². The number of benzene rings is 4. The number of carbonyl (C=O) groups excluding carboxylic acids is 4. The van der Waals surface area contributed by atoms with Crippen LogP contribution in [-0.4, -0.2) is 154 Å². The lowest BCUT2D eigenvalue weighted by Gasteiger charge is -2.43. The van der Waals surface area contributed by atoms with Crippen molar-refractivity contribution in [3.8, 4) is 34.5 Å². The van der Waals surface area contributed by atoms with E-state index in [0.717, 1.165) is 24.3 Å². The van der Waals surface area contributed by atoms with E-state index in [0.29, 0.717) is 22.3 Å². The maximum Gasteiger partial charge on any atom is 0.331 e. The molecule has 21 heteroatoms. The number of phenols is 4. The van der Waals surface area contributed by atoms with Crippen LogP contribution in [0.25, 0.3) is 24.3 Å². The van der Waals surface area contributed by atoms with E-state index in [-0.39, 0.29) is 34.5 Å². The van der Waals surface area contributed by atoms with Crippen LogP contribution in [0.3, 0.4) is 0 Å². The zero-order chi connectivity index (χ0) is 51.2. The average molecular weight is 987 g/mol. The highest BCUT2D eigenvalue weighted by molar-refractivity contribution is 5.89. The van der Waals surface area contributed by atoms with Crippen LogP contribution in [0.15, 0.2) is 109 Å². The van der Waals surface area contributed by atoms with Crippen LogP contribution in [0.5, 0.6) is 34.5 Å². The normalized spacial score (nSPS) is 24.3. The second-order valence-electron chi connectivity index (χ2n) is 15.7. The van der Waals surface area contributed by atoms with E-state index in [4.69, 9.17) is 42.6 Å². The number of phenolic OH excluding ortho intramolecular Hbond substituents is 4. The van der Waals surface area contributed by atoms with Gasteiger partial charge in [-0.15, -0.1) is 0 Å². The molecule has 0 amide bonds. The Labute approximate surface area is 404 Å². The van der Waals surface area contributed by atoms with Crippen molar-refractivity contribution >= 4 is 48.2 Å². The number of rotatable bonds is 19. The van der Waals surface area contributed by atoms with Crippen LogP contribution < -0.4 is 9.47 Å². The molecular formula is C50H50O21. The maximum absolute atomic E-state index is 13.5. The van der Waals surface area contributed by atoms with Crippen LogP contribution in [0, 0.1) is 0 Å². The predicted octanol–water partition coefficient (Wildman–Crippen LogP) is 2.50. The lowest BCUT2D eigenvalue weighted by molar-refractivity contribution is -0.383. The zero-order valence-corrected chi connectivity index (χ0v) is 37.8. The van der Waals surface area contributed by atoms with E-state index in [1.54, 1.807) is 0 Å². The maximum atomic E-state index is 13.5. The van der Waals surface area contributed by atoms with E-state index >= 15 is 0 Å². The van der Waals surface area contributed by atoms with E-state index < -0.39 is 98.5 Å². The summed E-state index contributed by atoms with van der Waals surface area (Å²) in [6.07, 6.45) is -6.40. The minimum atomic E-state index is -2.71. The van der Waals surface area contributed by atoms with Crippen molar-refractivity contribution in [1.29, 1.82) is 0 Å². The van der Waals surface area contributed by atoms with Gasteiger partial charge in [0.15, 0.2) is 35.4 Å². The number of carbonyl (C=O) groups is 4. The van der Waals surface area contributed by atoms with Gasteiger partial charge in [0.05, 0.1) is 14.2 Å². The summed E-state index contributed by atoms with van der Waals surface area (Å²) in [6, 6.07) is 19.9. The smallest absolute Gasteiger partial charge is 0.331 e. The van der Waals surface area contributed by atoms with Gasteiger partial charge in [0.2, 0.25) is 5.79 Å². The molecule has 0 aliphatic carbocycles. The molecule has 0 saturated carbocycles. The minimum Gasteiger partial charge on any atom is -0.508 e. The number of esters is 4. The van der Waals surface area contributed by atoms with Crippen molar-refractivity contribution in [2.24, 2.45) is 0 Å². The molecule has 376 valence electrons. The molecule has 4 aromatic rings. The van der Waals surface area contributed by atoms with Gasteiger partial charge in [0, 0.05) is 24.3 Å². The molecule has 0 radical (unpaired) electrons. The first-order chi connectivity index (χ1) is 34.0. The highest BCUT2D eigenvalue weighted by atomic mass is 16.8. The Bertz CT molecular complexity index is 2610. The summed E-state index contributed by atoms with van der Waals surface area (Å²) in [5.74, 6) is -7.02. The van der Waals surface area contributed by atoms with Crippen molar-refractivity contribution in [3.63, 3.8) is 0 Å². The van der Waals surface area contributed by atoms with E-state index in [1.165, 1.54) is 123 Å². The molecule has 2 fully saturated rings. The molecule has 0 aromatic heterocycles. The summed E-state index contributed by atoms with van der Waals surface area (Å²) in [5, 5.41) is 84.2. The molecule has 71 heavy (non-hydrogen) atoms. The number of aliphatic hydroxyl groups excluding tert-OH is 4. The molecule has 2 saturated heterocycles.